The fourth-order valence-electron chi connectivity index (χ4n) is 1.54. The summed E-state index contributed by atoms with van der Waals surface area (Å²) in [5, 5.41) is 0.392. The summed E-state index contributed by atoms with van der Waals surface area (Å²) in [6.07, 6.45) is 1.32. The lowest BCUT2D eigenvalue weighted by atomic mass is 10.2. The van der Waals surface area contributed by atoms with Gasteiger partial charge in [-0.05, 0) is 30.3 Å². The van der Waals surface area contributed by atoms with Gasteiger partial charge in [0, 0.05) is 18.9 Å². The molecule has 6 heteroatoms. The van der Waals surface area contributed by atoms with Gasteiger partial charge in [-0.15, -0.1) is 0 Å². The molecule has 2 aromatic rings. The lowest BCUT2D eigenvalue weighted by Gasteiger charge is -2.18. The fourth-order valence-corrected chi connectivity index (χ4v) is 1.88. The number of benzene rings is 1. The van der Waals surface area contributed by atoms with E-state index in [1.165, 1.54) is 41.4 Å². The molecule has 2 rings (SSSR count). The lowest BCUT2D eigenvalue weighted by molar-refractivity contribution is 0.0993. The Morgan fingerprint density at radius 1 is 1.26 bits per heavy atom. The first kappa shape index (κ1) is 13.8. The minimum Gasteiger partial charge on any atom is -0.311 e. The van der Waals surface area contributed by atoms with Gasteiger partial charge in [0.2, 0.25) is 0 Å². The van der Waals surface area contributed by atoms with E-state index in [4.69, 9.17) is 23.2 Å². The SMILES string of the molecule is CN(C(=O)c1cc(Cl)ncc1Cl)c1ccc(F)cc1. The third kappa shape index (κ3) is 3.03. The third-order valence-electron chi connectivity index (χ3n) is 2.57. The van der Waals surface area contributed by atoms with Crippen LogP contribution in [0.3, 0.4) is 0 Å². The van der Waals surface area contributed by atoms with Crippen molar-refractivity contribution in [1.82, 2.24) is 4.98 Å². The Bertz CT molecular complexity index is 617. The molecule has 0 radical (unpaired) electrons. The molecule has 0 aliphatic carbocycles. The molecule has 1 aromatic carbocycles. The second-order valence-corrected chi connectivity index (χ2v) is 4.62. The van der Waals surface area contributed by atoms with Crippen LogP contribution in [0.25, 0.3) is 0 Å². The van der Waals surface area contributed by atoms with Crippen LogP contribution < -0.4 is 4.90 Å². The standard InChI is InChI=1S/C13H9Cl2FN2O/c1-18(9-4-2-8(16)3-5-9)13(19)10-6-12(15)17-7-11(10)14/h2-7H,1H3. The zero-order valence-electron chi connectivity index (χ0n) is 9.90. The largest absolute Gasteiger partial charge is 0.311 e. The van der Waals surface area contributed by atoms with Gasteiger partial charge in [-0.3, -0.25) is 4.79 Å². The Hall–Kier alpha value is -1.65. The van der Waals surface area contributed by atoms with Gasteiger partial charge in [-0.25, -0.2) is 9.37 Å². The summed E-state index contributed by atoms with van der Waals surface area (Å²) >= 11 is 11.7. The molecule has 1 aromatic heterocycles. The number of rotatable bonds is 2. The van der Waals surface area contributed by atoms with Gasteiger partial charge in [0.1, 0.15) is 11.0 Å². The van der Waals surface area contributed by atoms with E-state index in [1.807, 2.05) is 0 Å². The second kappa shape index (κ2) is 5.55. The highest BCUT2D eigenvalue weighted by Crippen LogP contribution is 2.22. The van der Waals surface area contributed by atoms with E-state index in [2.05, 4.69) is 4.98 Å². The Kier molecular flexibility index (Phi) is 4.02. The summed E-state index contributed by atoms with van der Waals surface area (Å²) in [5.41, 5.74) is 0.795. The highest BCUT2D eigenvalue weighted by Gasteiger charge is 2.17. The number of amides is 1. The monoisotopic (exact) mass is 298 g/mol. The summed E-state index contributed by atoms with van der Waals surface area (Å²) < 4.78 is 12.8. The van der Waals surface area contributed by atoms with Crippen molar-refractivity contribution < 1.29 is 9.18 Å². The van der Waals surface area contributed by atoms with E-state index in [-0.39, 0.29) is 27.5 Å². The number of aromatic nitrogens is 1. The third-order valence-corrected chi connectivity index (χ3v) is 3.08. The molecule has 0 atom stereocenters. The van der Waals surface area contributed by atoms with Crippen LogP contribution in [-0.2, 0) is 0 Å². The minimum atomic E-state index is -0.366. The van der Waals surface area contributed by atoms with Gasteiger partial charge in [0.05, 0.1) is 10.6 Å². The van der Waals surface area contributed by atoms with Crippen LogP contribution in [0, 0.1) is 5.82 Å². The van der Waals surface area contributed by atoms with Crippen LogP contribution in [0.4, 0.5) is 10.1 Å². The molecule has 0 bridgehead atoms. The van der Waals surface area contributed by atoms with E-state index < -0.39 is 0 Å². The molecule has 0 spiro atoms. The van der Waals surface area contributed by atoms with Gasteiger partial charge in [0.15, 0.2) is 0 Å². The molecule has 0 saturated carbocycles. The van der Waals surface area contributed by atoms with Crippen LogP contribution in [-0.4, -0.2) is 17.9 Å². The predicted octanol–water partition coefficient (Wildman–Crippen LogP) is 3.80. The van der Waals surface area contributed by atoms with Crippen LogP contribution >= 0.6 is 23.2 Å². The predicted molar refractivity (Wildman–Crippen MR) is 73.4 cm³/mol. The summed E-state index contributed by atoms with van der Waals surface area (Å²) in [7, 11) is 1.57. The van der Waals surface area contributed by atoms with E-state index in [0.29, 0.717) is 5.69 Å². The quantitative estimate of drug-likeness (QED) is 0.790. The highest BCUT2D eigenvalue weighted by molar-refractivity contribution is 6.35. The van der Waals surface area contributed by atoms with E-state index in [9.17, 15) is 9.18 Å². The highest BCUT2D eigenvalue weighted by atomic mass is 35.5. The van der Waals surface area contributed by atoms with Crippen molar-refractivity contribution in [3.8, 4) is 0 Å². The van der Waals surface area contributed by atoms with Gasteiger partial charge in [0.25, 0.3) is 5.91 Å². The average Bonchev–Trinajstić information content (AvgIpc) is 2.41. The molecule has 0 unspecified atom stereocenters. The number of carbonyl (C=O) groups is 1. The number of hydrogen-bond donors (Lipinski definition) is 0. The molecule has 3 nitrogen and oxygen atoms in total. The van der Waals surface area contributed by atoms with Crippen molar-refractivity contribution in [1.29, 1.82) is 0 Å². The molecule has 1 heterocycles. The van der Waals surface area contributed by atoms with Crippen molar-refractivity contribution >= 4 is 34.8 Å². The first-order valence-corrected chi connectivity index (χ1v) is 6.09. The zero-order valence-corrected chi connectivity index (χ0v) is 11.4. The van der Waals surface area contributed by atoms with Crippen LogP contribution in [0.1, 0.15) is 10.4 Å². The van der Waals surface area contributed by atoms with Crippen molar-refractivity contribution in [2.75, 3.05) is 11.9 Å². The summed E-state index contributed by atoms with van der Waals surface area (Å²) in [4.78, 5) is 17.4. The number of nitrogens with zero attached hydrogens (tertiary/aromatic N) is 2. The van der Waals surface area contributed by atoms with Crippen molar-refractivity contribution in [2.45, 2.75) is 0 Å². The molecule has 0 saturated heterocycles. The van der Waals surface area contributed by atoms with Crippen LogP contribution in [0.5, 0.6) is 0 Å². The molecule has 0 aliphatic heterocycles. The minimum absolute atomic E-state index is 0.181. The Labute approximate surface area is 119 Å². The first-order valence-electron chi connectivity index (χ1n) is 5.33. The normalized spacial score (nSPS) is 10.3. The molecule has 0 N–H and O–H groups in total. The Balaban J connectivity index is 2.33. The summed E-state index contributed by atoms with van der Waals surface area (Å²) in [5.74, 6) is -0.713. The second-order valence-electron chi connectivity index (χ2n) is 3.83. The van der Waals surface area contributed by atoms with E-state index in [1.54, 1.807) is 7.05 Å². The maximum Gasteiger partial charge on any atom is 0.259 e. The van der Waals surface area contributed by atoms with Gasteiger partial charge < -0.3 is 4.90 Å². The van der Waals surface area contributed by atoms with Gasteiger partial charge >= 0.3 is 0 Å². The Morgan fingerprint density at radius 2 is 1.89 bits per heavy atom. The van der Waals surface area contributed by atoms with Gasteiger partial charge in [-0.2, -0.15) is 0 Å². The maximum atomic E-state index is 12.8. The molecule has 19 heavy (non-hydrogen) atoms. The molecular weight excluding hydrogens is 290 g/mol. The Morgan fingerprint density at radius 3 is 2.53 bits per heavy atom. The first-order chi connectivity index (χ1) is 8.99. The van der Waals surface area contributed by atoms with Crippen molar-refractivity contribution in [3.05, 3.63) is 58.1 Å². The number of halogens is 3. The lowest BCUT2D eigenvalue weighted by Crippen LogP contribution is -2.26. The number of pyridine rings is 1. The molecule has 1 amide bonds. The number of carbonyl (C=O) groups excluding carboxylic acids is 1. The smallest absolute Gasteiger partial charge is 0.259 e. The van der Waals surface area contributed by atoms with E-state index >= 15 is 0 Å². The average molecular weight is 299 g/mol. The van der Waals surface area contributed by atoms with Crippen molar-refractivity contribution in [3.63, 3.8) is 0 Å². The van der Waals surface area contributed by atoms with Crippen molar-refractivity contribution in [2.24, 2.45) is 0 Å². The topological polar surface area (TPSA) is 33.2 Å². The summed E-state index contributed by atoms with van der Waals surface area (Å²) in [6.45, 7) is 0. The van der Waals surface area contributed by atoms with E-state index in [0.717, 1.165) is 0 Å². The van der Waals surface area contributed by atoms with Crippen LogP contribution in [0.2, 0.25) is 10.2 Å². The fraction of sp³-hybridized carbons (Fsp3) is 0.0769. The molecule has 0 fully saturated rings. The zero-order chi connectivity index (χ0) is 14.0. The molecular formula is C13H9Cl2FN2O. The van der Waals surface area contributed by atoms with Crippen LogP contribution in [0.15, 0.2) is 36.5 Å². The van der Waals surface area contributed by atoms with Gasteiger partial charge in [-0.1, -0.05) is 23.2 Å². The maximum absolute atomic E-state index is 12.8. The number of hydrogen-bond acceptors (Lipinski definition) is 2. The summed E-state index contributed by atoms with van der Waals surface area (Å²) in [6, 6.07) is 6.96. The number of anilines is 1. The molecule has 0 aliphatic rings. The molecule has 98 valence electrons.